The Morgan fingerprint density at radius 2 is 1.48 bits per heavy atom. The van der Waals surface area contributed by atoms with Crippen molar-refractivity contribution in [3.8, 4) is 5.75 Å². The number of rotatable bonds is 14. The molecule has 0 aliphatic heterocycles. The number of nitrogens with one attached hydrogen (secondary N) is 1. The molecule has 0 aliphatic carbocycles. The van der Waals surface area contributed by atoms with Crippen LogP contribution in [0.2, 0.25) is 10.0 Å². The summed E-state index contributed by atoms with van der Waals surface area (Å²) in [5, 5.41) is 3.47. The Morgan fingerprint density at radius 3 is 2.07 bits per heavy atom. The summed E-state index contributed by atoms with van der Waals surface area (Å²) in [5.74, 6) is -0.455. The second kappa shape index (κ2) is 16.0. The van der Waals surface area contributed by atoms with Crippen molar-refractivity contribution in [2.24, 2.45) is 0 Å². The number of anilines is 1. The summed E-state index contributed by atoms with van der Waals surface area (Å²) in [6.07, 6.45) is 0.175. The van der Waals surface area contributed by atoms with Crippen LogP contribution in [0.4, 0.5) is 5.69 Å². The molecule has 4 rings (SSSR count). The standard InChI is InChI=1S/C35H37Cl2N3O5S/c1-4-38-35(42)33(22-26-10-7-6-8-11-26)39(23-30-31(36)12-9-13-32(30)37)34(41)24-40(27-16-18-28(19-17-27)45-5-2)46(43,44)29-20-14-25(3)15-21-29/h6-21,33H,4-5,22-24H2,1-3H3,(H,38,42). The molecule has 4 aromatic carbocycles. The lowest BCUT2D eigenvalue weighted by Gasteiger charge is -2.34. The maximum Gasteiger partial charge on any atom is 0.264 e. The van der Waals surface area contributed by atoms with Crippen LogP contribution in [0.3, 0.4) is 0 Å². The van der Waals surface area contributed by atoms with Crippen LogP contribution in [0.5, 0.6) is 5.75 Å². The number of amides is 2. The van der Waals surface area contributed by atoms with Crippen LogP contribution in [0.15, 0.2) is 102 Å². The monoisotopic (exact) mass is 681 g/mol. The third kappa shape index (κ3) is 8.60. The van der Waals surface area contributed by atoms with Crippen LogP contribution in [-0.2, 0) is 32.6 Å². The van der Waals surface area contributed by atoms with E-state index >= 15 is 0 Å². The number of hydrogen-bond donors (Lipinski definition) is 1. The second-order valence-corrected chi connectivity index (χ2v) is 13.3. The molecule has 1 atom stereocenters. The number of aryl methyl sites for hydroxylation is 1. The molecule has 0 saturated carbocycles. The Morgan fingerprint density at radius 1 is 0.848 bits per heavy atom. The smallest absolute Gasteiger partial charge is 0.264 e. The van der Waals surface area contributed by atoms with Crippen LogP contribution in [0, 0.1) is 6.92 Å². The van der Waals surface area contributed by atoms with E-state index in [4.69, 9.17) is 27.9 Å². The van der Waals surface area contributed by atoms with Gasteiger partial charge in [0.15, 0.2) is 0 Å². The highest BCUT2D eigenvalue weighted by molar-refractivity contribution is 7.92. The van der Waals surface area contributed by atoms with E-state index in [0.29, 0.717) is 34.5 Å². The average Bonchev–Trinajstić information content (AvgIpc) is 3.04. The average molecular weight is 683 g/mol. The van der Waals surface area contributed by atoms with Gasteiger partial charge < -0.3 is 15.0 Å². The van der Waals surface area contributed by atoms with Gasteiger partial charge in [-0.05, 0) is 74.9 Å². The van der Waals surface area contributed by atoms with Crippen molar-refractivity contribution in [3.63, 3.8) is 0 Å². The molecular weight excluding hydrogens is 645 g/mol. The predicted molar refractivity (Wildman–Crippen MR) is 183 cm³/mol. The number of carbonyl (C=O) groups is 2. The van der Waals surface area contributed by atoms with E-state index in [9.17, 15) is 18.0 Å². The van der Waals surface area contributed by atoms with E-state index < -0.39 is 34.4 Å². The Labute approximate surface area is 280 Å². The van der Waals surface area contributed by atoms with Crippen LogP contribution < -0.4 is 14.4 Å². The van der Waals surface area contributed by atoms with Gasteiger partial charge in [-0.3, -0.25) is 13.9 Å². The molecule has 0 saturated heterocycles. The first-order valence-corrected chi connectivity index (χ1v) is 17.1. The van der Waals surface area contributed by atoms with E-state index in [0.717, 1.165) is 15.4 Å². The zero-order valence-corrected chi connectivity index (χ0v) is 28.3. The zero-order chi connectivity index (χ0) is 33.3. The summed E-state index contributed by atoms with van der Waals surface area (Å²) in [5.41, 5.74) is 2.40. The molecule has 0 radical (unpaired) electrons. The van der Waals surface area contributed by atoms with Crippen LogP contribution >= 0.6 is 23.2 Å². The molecule has 8 nitrogen and oxygen atoms in total. The van der Waals surface area contributed by atoms with Gasteiger partial charge in [-0.2, -0.15) is 0 Å². The van der Waals surface area contributed by atoms with Gasteiger partial charge in [-0.15, -0.1) is 0 Å². The summed E-state index contributed by atoms with van der Waals surface area (Å²) in [6, 6.07) is 26.2. The van der Waals surface area contributed by atoms with Crippen LogP contribution in [-0.4, -0.2) is 50.9 Å². The van der Waals surface area contributed by atoms with Gasteiger partial charge in [0, 0.05) is 35.1 Å². The molecule has 0 bridgehead atoms. The summed E-state index contributed by atoms with van der Waals surface area (Å²) in [7, 11) is -4.24. The van der Waals surface area contributed by atoms with Crippen molar-refractivity contribution in [2.75, 3.05) is 24.0 Å². The molecule has 0 fully saturated rings. The molecule has 0 spiro atoms. The lowest BCUT2D eigenvalue weighted by Crippen LogP contribution is -2.53. The number of hydrogen-bond acceptors (Lipinski definition) is 5. The van der Waals surface area contributed by atoms with Crippen molar-refractivity contribution >= 4 is 50.7 Å². The lowest BCUT2D eigenvalue weighted by molar-refractivity contribution is -0.140. The van der Waals surface area contributed by atoms with E-state index in [1.165, 1.54) is 17.0 Å². The van der Waals surface area contributed by atoms with Gasteiger partial charge in [0.25, 0.3) is 10.0 Å². The van der Waals surface area contributed by atoms with Crippen molar-refractivity contribution < 1.29 is 22.7 Å². The third-order valence-electron chi connectivity index (χ3n) is 7.34. The minimum atomic E-state index is -4.24. The molecule has 11 heteroatoms. The maximum atomic E-state index is 14.5. The molecule has 2 amide bonds. The Hall–Kier alpha value is -4.05. The largest absolute Gasteiger partial charge is 0.494 e. The predicted octanol–water partition coefficient (Wildman–Crippen LogP) is 6.67. The number of nitrogens with zero attached hydrogens (tertiary/aromatic N) is 2. The second-order valence-electron chi connectivity index (χ2n) is 10.6. The van der Waals surface area contributed by atoms with Crippen molar-refractivity contribution in [1.29, 1.82) is 0 Å². The van der Waals surface area contributed by atoms with E-state index in [2.05, 4.69) is 5.32 Å². The van der Waals surface area contributed by atoms with Crippen LogP contribution in [0.1, 0.15) is 30.5 Å². The highest BCUT2D eigenvalue weighted by Gasteiger charge is 2.35. The Kier molecular flexibility index (Phi) is 12.1. The minimum Gasteiger partial charge on any atom is -0.494 e. The number of halogens is 2. The zero-order valence-electron chi connectivity index (χ0n) is 26.0. The number of carbonyl (C=O) groups excluding carboxylic acids is 2. The molecule has 46 heavy (non-hydrogen) atoms. The first-order valence-electron chi connectivity index (χ1n) is 14.9. The third-order valence-corrected chi connectivity index (χ3v) is 9.83. The molecule has 0 heterocycles. The summed E-state index contributed by atoms with van der Waals surface area (Å²) in [4.78, 5) is 29.5. The summed E-state index contributed by atoms with van der Waals surface area (Å²) in [6.45, 7) is 5.53. The molecule has 1 N–H and O–H groups in total. The SMILES string of the molecule is CCNC(=O)C(Cc1ccccc1)N(Cc1c(Cl)cccc1Cl)C(=O)CN(c1ccc(OCC)cc1)S(=O)(=O)c1ccc(C)cc1. The number of sulfonamides is 1. The molecule has 0 aromatic heterocycles. The molecular formula is C35H37Cl2N3O5S. The van der Waals surface area contributed by atoms with Gasteiger partial charge in [-0.1, -0.05) is 77.3 Å². The van der Waals surface area contributed by atoms with E-state index in [-0.39, 0.29) is 23.5 Å². The van der Waals surface area contributed by atoms with Gasteiger partial charge in [0.05, 0.1) is 17.2 Å². The fourth-order valence-electron chi connectivity index (χ4n) is 4.94. The molecule has 1 unspecified atom stereocenters. The normalized spacial score (nSPS) is 11.8. The molecule has 4 aromatic rings. The first-order chi connectivity index (χ1) is 22.0. The highest BCUT2D eigenvalue weighted by atomic mass is 35.5. The van der Waals surface area contributed by atoms with E-state index in [1.807, 2.05) is 44.2 Å². The lowest BCUT2D eigenvalue weighted by atomic mass is 10.0. The van der Waals surface area contributed by atoms with Crippen molar-refractivity contribution in [1.82, 2.24) is 10.2 Å². The number of ether oxygens (including phenoxy) is 1. The highest BCUT2D eigenvalue weighted by Crippen LogP contribution is 2.30. The van der Waals surface area contributed by atoms with Gasteiger partial charge in [0.2, 0.25) is 11.8 Å². The summed E-state index contributed by atoms with van der Waals surface area (Å²) < 4.78 is 35.0. The number of likely N-dealkylation sites (N-methyl/N-ethyl adjacent to an activating group) is 1. The fourth-order valence-corrected chi connectivity index (χ4v) is 6.87. The summed E-state index contributed by atoms with van der Waals surface area (Å²) >= 11 is 13.1. The van der Waals surface area contributed by atoms with Crippen molar-refractivity contribution in [2.45, 2.75) is 44.7 Å². The topological polar surface area (TPSA) is 96.0 Å². The van der Waals surface area contributed by atoms with Gasteiger partial charge in [-0.25, -0.2) is 8.42 Å². The van der Waals surface area contributed by atoms with Crippen molar-refractivity contribution in [3.05, 3.63) is 124 Å². The molecule has 242 valence electrons. The van der Waals surface area contributed by atoms with Gasteiger partial charge in [0.1, 0.15) is 18.3 Å². The molecule has 0 aliphatic rings. The van der Waals surface area contributed by atoms with Gasteiger partial charge >= 0.3 is 0 Å². The maximum absolute atomic E-state index is 14.5. The van der Waals surface area contributed by atoms with E-state index in [1.54, 1.807) is 61.5 Å². The number of benzene rings is 4. The first kappa shape index (κ1) is 34.8. The quantitative estimate of drug-likeness (QED) is 0.160. The Balaban J connectivity index is 1.82. The fraction of sp³-hybridized carbons (Fsp3) is 0.257. The Bertz CT molecular complexity index is 1710. The van der Waals surface area contributed by atoms with Crippen LogP contribution in [0.25, 0.3) is 0 Å². The minimum absolute atomic E-state index is 0.0186.